The van der Waals surface area contributed by atoms with Crippen LogP contribution in [0.3, 0.4) is 0 Å². The van der Waals surface area contributed by atoms with Gasteiger partial charge in [-0.2, -0.15) is 0 Å². The van der Waals surface area contributed by atoms with E-state index < -0.39 is 26.3 Å². The average molecular weight is 323 g/mol. The van der Waals surface area contributed by atoms with Crippen LogP contribution in [0.4, 0.5) is 10.1 Å². The van der Waals surface area contributed by atoms with Crippen LogP contribution < -0.4 is 10.5 Å². The number of sulfonamides is 1. The summed E-state index contributed by atoms with van der Waals surface area (Å²) in [5.41, 5.74) is 4.47. The Balaban J connectivity index is 2.22. The first-order valence-corrected chi connectivity index (χ1v) is 8.06. The number of hydrogen-bond donors (Lipinski definition) is 3. The highest BCUT2D eigenvalue weighted by molar-refractivity contribution is 7.89. The Hall–Kier alpha value is -0.890. The van der Waals surface area contributed by atoms with Crippen molar-refractivity contribution in [2.75, 3.05) is 12.3 Å². The number of benzene rings is 1. The Labute approximate surface area is 122 Å². The molecule has 0 aromatic heterocycles. The Kier molecular flexibility index (Phi) is 4.24. The lowest BCUT2D eigenvalue weighted by atomic mass is 10.0. The predicted octanol–water partition coefficient (Wildman–Crippen LogP) is 1.64. The van der Waals surface area contributed by atoms with Gasteiger partial charge < -0.3 is 10.8 Å². The van der Waals surface area contributed by atoms with Gasteiger partial charge in [0.25, 0.3) is 0 Å². The van der Waals surface area contributed by atoms with Gasteiger partial charge in [0.15, 0.2) is 5.82 Å². The Morgan fingerprint density at radius 2 is 2.00 bits per heavy atom. The molecule has 1 fully saturated rings. The molecule has 1 aromatic carbocycles. The summed E-state index contributed by atoms with van der Waals surface area (Å²) in [7, 11) is -4.11. The molecule has 0 amide bonds. The summed E-state index contributed by atoms with van der Waals surface area (Å²) in [6.45, 7) is -0.152. The minimum absolute atomic E-state index is 0.0522. The summed E-state index contributed by atoms with van der Waals surface area (Å²) >= 11 is 5.58. The van der Waals surface area contributed by atoms with Gasteiger partial charge in [-0.1, -0.05) is 24.4 Å². The van der Waals surface area contributed by atoms with Gasteiger partial charge in [-0.15, -0.1) is 0 Å². The number of halogens is 2. The van der Waals surface area contributed by atoms with E-state index in [1.54, 1.807) is 0 Å². The van der Waals surface area contributed by atoms with Crippen LogP contribution in [-0.2, 0) is 10.0 Å². The number of rotatable bonds is 4. The fraction of sp³-hybridized carbons (Fsp3) is 0.500. The lowest BCUT2D eigenvalue weighted by Crippen LogP contribution is -2.40. The molecule has 0 unspecified atom stereocenters. The highest BCUT2D eigenvalue weighted by atomic mass is 35.5. The maximum absolute atomic E-state index is 13.8. The van der Waals surface area contributed by atoms with Crippen molar-refractivity contribution in [2.45, 2.75) is 36.2 Å². The standard InChI is InChI=1S/C12H16ClFN2O3S/c13-9-5-8(15)6-10(11(9)14)20(18,19)16-7-12(17)3-1-2-4-12/h5-6,16-17H,1-4,7,15H2. The summed E-state index contributed by atoms with van der Waals surface area (Å²) in [4.78, 5) is -0.607. The molecule has 0 atom stereocenters. The van der Waals surface area contributed by atoms with Crippen molar-refractivity contribution in [1.29, 1.82) is 0 Å². The van der Waals surface area contributed by atoms with Crippen molar-refractivity contribution in [2.24, 2.45) is 0 Å². The van der Waals surface area contributed by atoms with Crippen LogP contribution in [0, 0.1) is 5.82 Å². The molecule has 1 saturated carbocycles. The van der Waals surface area contributed by atoms with Gasteiger partial charge in [0.05, 0.1) is 10.6 Å². The number of nitrogens with two attached hydrogens (primary N) is 1. The molecule has 0 radical (unpaired) electrons. The van der Waals surface area contributed by atoms with Gasteiger partial charge in [-0.3, -0.25) is 0 Å². The summed E-state index contributed by atoms with van der Waals surface area (Å²) in [5.74, 6) is -1.05. The molecule has 1 aromatic rings. The average Bonchev–Trinajstić information content (AvgIpc) is 2.79. The monoisotopic (exact) mass is 322 g/mol. The Bertz CT molecular complexity index is 615. The van der Waals surface area contributed by atoms with Gasteiger partial charge >= 0.3 is 0 Å². The summed E-state index contributed by atoms with van der Waals surface area (Å²) in [6.07, 6.45) is 2.73. The smallest absolute Gasteiger partial charge is 0.243 e. The van der Waals surface area contributed by atoms with Crippen molar-refractivity contribution in [1.82, 2.24) is 4.72 Å². The van der Waals surface area contributed by atoms with Gasteiger partial charge in [0.1, 0.15) is 4.90 Å². The van der Waals surface area contributed by atoms with Crippen molar-refractivity contribution >= 4 is 27.3 Å². The summed E-state index contributed by atoms with van der Waals surface area (Å²) in [5, 5.41) is 9.75. The lowest BCUT2D eigenvalue weighted by Gasteiger charge is -2.22. The topological polar surface area (TPSA) is 92.4 Å². The van der Waals surface area contributed by atoms with Crippen molar-refractivity contribution in [3.8, 4) is 0 Å². The number of nitrogens with one attached hydrogen (secondary N) is 1. The van der Waals surface area contributed by atoms with Crippen LogP contribution in [0.1, 0.15) is 25.7 Å². The Morgan fingerprint density at radius 3 is 2.60 bits per heavy atom. The van der Waals surface area contributed by atoms with Crippen molar-refractivity contribution in [3.63, 3.8) is 0 Å². The van der Waals surface area contributed by atoms with E-state index in [0.717, 1.165) is 25.0 Å². The molecule has 1 aliphatic rings. The molecule has 2 rings (SSSR count). The summed E-state index contributed by atoms with van der Waals surface area (Å²) < 4.78 is 40.2. The molecule has 1 aliphatic carbocycles. The molecular weight excluding hydrogens is 307 g/mol. The van der Waals surface area contributed by atoms with Crippen LogP contribution >= 0.6 is 11.6 Å². The molecule has 5 nitrogen and oxygen atoms in total. The maximum Gasteiger partial charge on any atom is 0.243 e. The predicted molar refractivity (Wildman–Crippen MR) is 74.4 cm³/mol. The van der Waals surface area contributed by atoms with E-state index >= 15 is 0 Å². The lowest BCUT2D eigenvalue weighted by molar-refractivity contribution is 0.0531. The molecule has 112 valence electrons. The van der Waals surface area contributed by atoms with Crippen LogP contribution in [0.15, 0.2) is 17.0 Å². The molecule has 0 heterocycles. The molecule has 20 heavy (non-hydrogen) atoms. The zero-order valence-electron chi connectivity index (χ0n) is 10.7. The van der Waals surface area contributed by atoms with Crippen LogP contribution in [0.25, 0.3) is 0 Å². The molecule has 0 spiro atoms. The third-order valence-electron chi connectivity index (χ3n) is 3.43. The van der Waals surface area contributed by atoms with E-state index in [1.807, 2.05) is 0 Å². The second-order valence-electron chi connectivity index (χ2n) is 5.07. The van der Waals surface area contributed by atoms with Gasteiger partial charge in [-0.05, 0) is 25.0 Å². The number of nitrogen functional groups attached to an aromatic ring is 1. The second-order valence-corrected chi connectivity index (χ2v) is 7.21. The first-order chi connectivity index (χ1) is 9.23. The van der Waals surface area contributed by atoms with E-state index in [4.69, 9.17) is 17.3 Å². The minimum atomic E-state index is -4.11. The normalized spacial score (nSPS) is 18.4. The zero-order chi connectivity index (χ0) is 15.0. The second kappa shape index (κ2) is 5.48. The van der Waals surface area contributed by atoms with E-state index in [9.17, 15) is 17.9 Å². The van der Waals surface area contributed by atoms with Crippen LogP contribution in [0.2, 0.25) is 5.02 Å². The third-order valence-corrected chi connectivity index (χ3v) is 5.11. The van der Waals surface area contributed by atoms with Crippen molar-refractivity contribution < 1.29 is 17.9 Å². The molecule has 4 N–H and O–H groups in total. The zero-order valence-corrected chi connectivity index (χ0v) is 12.3. The molecule has 0 aliphatic heterocycles. The van der Waals surface area contributed by atoms with Gasteiger partial charge in [0.2, 0.25) is 10.0 Å². The summed E-state index contributed by atoms with van der Waals surface area (Å²) in [6, 6.07) is 2.14. The van der Waals surface area contributed by atoms with E-state index in [0.29, 0.717) is 12.8 Å². The van der Waals surface area contributed by atoms with E-state index in [1.165, 1.54) is 0 Å². The number of hydrogen-bond acceptors (Lipinski definition) is 4. The fourth-order valence-corrected chi connectivity index (χ4v) is 3.83. The van der Waals surface area contributed by atoms with Crippen molar-refractivity contribution in [3.05, 3.63) is 23.0 Å². The number of aliphatic hydroxyl groups is 1. The SMILES string of the molecule is Nc1cc(Cl)c(F)c(S(=O)(=O)NCC2(O)CCCC2)c1. The maximum atomic E-state index is 13.8. The van der Waals surface area contributed by atoms with Gasteiger partial charge in [0, 0.05) is 12.2 Å². The molecule has 0 saturated heterocycles. The fourth-order valence-electron chi connectivity index (χ4n) is 2.30. The number of anilines is 1. The largest absolute Gasteiger partial charge is 0.399 e. The minimum Gasteiger partial charge on any atom is -0.399 e. The molecule has 0 bridgehead atoms. The van der Waals surface area contributed by atoms with E-state index in [-0.39, 0.29) is 17.3 Å². The van der Waals surface area contributed by atoms with E-state index in [2.05, 4.69) is 4.72 Å². The molecule has 8 heteroatoms. The highest BCUT2D eigenvalue weighted by Gasteiger charge is 2.33. The van der Waals surface area contributed by atoms with Gasteiger partial charge in [-0.25, -0.2) is 17.5 Å². The molecular formula is C12H16ClFN2O3S. The first-order valence-electron chi connectivity index (χ1n) is 6.20. The Morgan fingerprint density at radius 1 is 1.40 bits per heavy atom. The van der Waals surface area contributed by atoms with Crippen LogP contribution in [0.5, 0.6) is 0 Å². The highest BCUT2D eigenvalue weighted by Crippen LogP contribution is 2.30. The quantitative estimate of drug-likeness (QED) is 0.735. The first kappa shape index (κ1) is 15.5. The third kappa shape index (κ3) is 3.22. The van der Waals surface area contributed by atoms with Crippen LogP contribution in [-0.4, -0.2) is 25.7 Å².